The number of nitro benzene ring substituents is 1. The summed E-state index contributed by atoms with van der Waals surface area (Å²) in [7, 11) is 0. The summed E-state index contributed by atoms with van der Waals surface area (Å²) in [6.07, 6.45) is 0. The van der Waals surface area contributed by atoms with Gasteiger partial charge in [0.2, 0.25) is 0 Å². The Labute approximate surface area is 115 Å². The van der Waals surface area contributed by atoms with E-state index >= 15 is 0 Å². The molecule has 1 heterocycles. The van der Waals surface area contributed by atoms with Crippen LogP contribution in [-0.2, 0) is 6.54 Å². The van der Waals surface area contributed by atoms with E-state index in [-0.39, 0.29) is 10.6 Å². The summed E-state index contributed by atoms with van der Waals surface area (Å²) in [5, 5.41) is 11.8. The molecule has 1 aromatic heterocycles. The van der Waals surface area contributed by atoms with Gasteiger partial charge < -0.3 is 10.7 Å². The first-order valence-corrected chi connectivity index (χ1v) is 6.25. The minimum atomic E-state index is -0.386. The Kier molecular flexibility index (Phi) is 2.96. The molecular weight excluding hydrogens is 254 g/mol. The third kappa shape index (κ3) is 1.94. The highest BCUT2D eigenvalue weighted by Crippen LogP contribution is 2.34. The lowest BCUT2D eigenvalue weighted by Crippen LogP contribution is -1.98. The molecule has 5 nitrogen and oxygen atoms in total. The fourth-order valence-corrected chi connectivity index (χ4v) is 2.44. The molecule has 0 aliphatic heterocycles. The molecule has 0 spiro atoms. The number of nitrogens with zero attached hydrogens (tertiary/aromatic N) is 1. The third-order valence-corrected chi connectivity index (χ3v) is 3.34. The zero-order valence-electron chi connectivity index (χ0n) is 10.7. The van der Waals surface area contributed by atoms with Crippen molar-refractivity contribution in [3.63, 3.8) is 0 Å². The van der Waals surface area contributed by atoms with Crippen molar-refractivity contribution in [2.24, 2.45) is 5.73 Å². The number of aromatic nitrogens is 1. The minimum Gasteiger partial charge on any atom is -0.357 e. The first kappa shape index (κ1) is 12.4. The highest BCUT2D eigenvalue weighted by Gasteiger charge is 2.15. The van der Waals surface area contributed by atoms with Crippen LogP contribution in [0, 0.1) is 10.1 Å². The molecule has 0 amide bonds. The van der Waals surface area contributed by atoms with E-state index in [1.54, 1.807) is 12.1 Å². The molecule has 5 heteroatoms. The third-order valence-electron chi connectivity index (χ3n) is 3.34. The number of rotatable bonds is 3. The molecule has 0 atom stereocenters. The van der Waals surface area contributed by atoms with Gasteiger partial charge in [-0.2, -0.15) is 0 Å². The molecule has 0 saturated carbocycles. The van der Waals surface area contributed by atoms with Crippen molar-refractivity contribution in [3.05, 3.63) is 64.3 Å². The van der Waals surface area contributed by atoms with Crippen LogP contribution in [0.3, 0.4) is 0 Å². The molecule has 3 aromatic rings. The number of fused-ring (bicyclic) bond motifs is 1. The normalized spacial score (nSPS) is 10.8. The maximum atomic E-state index is 10.9. The van der Waals surface area contributed by atoms with Gasteiger partial charge in [0.1, 0.15) is 0 Å². The summed E-state index contributed by atoms with van der Waals surface area (Å²) in [5.74, 6) is 0. The van der Waals surface area contributed by atoms with Crippen LogP contribution in [0.15, 0.2) is 48.5 Å². The van der Waals surface area contributed by atoms with E-state index < -0.39 is 0 Å². The molecule has 0 fully saturated rings. The van der Waals surface area contributed by atoms with E-state index in [9.17, 15) is 10.1 Å². The zero-order chi connectivity index (χ0) is 14.1. The summed E-state index contributed by atoms with van der Waals surface area (Å²) in [5.41, 5.74) is 9.54. The first-order chi connectivity index (χ1) is 9.70. The molecule has 0 radical (unpaired) electrons. The molecule has 0 aliphatic carbocycles. The largest absolute Gasteiger partial charge is 0.357 e. The van der Waals surface area contributed by atoms with Gasteiger partial charge >= 0.3 is 0 Å². The summed E-state index contributed by atoms with van der Waals surface area (Å²) >= 11 is 0. The average Bonchev–Trinajstić information content (AvgIpc) is 2.85. The molecule has 3 N–H and O–H groups in total. The van der Waals surface area contributed by atoms with Crippen LogP contribution >= 0.6 is 0 Å². The number of nitrogens with two attached hydrogens (primary N) is 1. The summed E-state index contributed by atoms with van der Waals surface area (Å²) in [6, 6.07) is 14.6. The lowest BCUT2D eigenvalue weighted by atomic mass is 10.0. The standard InChI is InChI=1S/C15H13N3O2/c16-9-14-15(10-4-2-1-3-5-10)12-8-11(18(19)20)6-7-13(12)17-14/h1-8,17H,9,16H2. The lowest BCUT2D eigenvalue weighted by Gasteiger charge is -2.03. The van der Waals surface area contributed by atoms with Gasteiger partial charge in [-0.25, -0.2) is 0 Å². The first-order valence-electron chi connectivity index (χ1n) is 6.25. The molecular formula is C15H13N3O2. The van der Waals surface area contributed by atoms with Crippen LogP contribution in [0.2, 0.25) is 0 Å². The predicted molar refractivity (Wildman–Crippen MR) is 78.3 cm³/mol. The van der Waals surface area contributed by atoms with Crippen LogP contribution < -0.4 is 5.73 Å². The molecule has 100 valence electrons. The van der Waals surface area contributed by atoms with Crippen LogP contribution in [0.1, 0.15) is 5.69 Å². The summed E-state index contributed by atoms with van der Waals surface area (Å²) in [4.78, 5) is 13.8. The number of nitro groups is 1. The van der Waals surface area contributed by atoms with E-state index in [0.29, 0.717) is 6.54 Å². The maximum absolute atomic E-state index is 10.9. The van der Waals surface area contributed by atoms with Crippen molar-refractivity contribution in [1.82, 2.24) is 4.98 Å². The van der Waals surface area contributed by atoms with Crippen LogP contribution in [0.5, 0.6) is 0 Å². The van der Waals surface area contributed by atoms with Crippen LogP contribution in [0.25, 0.3) is 22.0 Å². The van der Waals surface area contributed by atoms with Gasteiger partial charge in [0, 0.05) is 40.8 Å². The average molecular weight is 267 g/mol. The van der Waals surface area contributed by atoms with Crippen molar-refractivity contribution < 1.29 is 4.92 Å². The number of hydrogen-bond acceptors (Lipinski definition) is 3. The van der Waals surface area contributed by atoms with Crippen molar-refractivity contribution in [3.8, 4) is 11.1 Å². The maximum Gasteiger partial charge on any atom is 0.270 e. The van der Waals surface area contributed by atoms with E-state index in [2.05, 4.69) is 4.98 Å². The highest BCUT2D eigenvalue weighted by atomic mass is 16.6. The highest BCUT2D eigenvalue weighted by molar-refractivity contribution is 5.98. The Morgan fingerprint density at radius 1 is 1.15 bits per heavy atom. The molecule has 0 bridgehead atoms. The number of hydrogen-bond donors (Lipinski definition) is 2. The summed E-state index contributed by atoms with van der Waals surface area (Å²) < 4.78 is 0. The van der Waals surface area contributed by atoms with Gasteiger partial charge in [-0.1, -0.05) is 30.3 Å². The number of non-ortho nitro benzene ring substituents is 1. The molecule has 2 aromatic carbocycles. The molecule has 0 aliphatic rings. The second-order valence-corrected chi connectivity index (χ2v) is 4.54. The second-order valence-electron chi connectivity index (χ2n) is 4.54. The monoisotopic (exact) mass is 267 g/mol. The molecule has 3 rings (SSSR count). The number of nitrogens with one attached hydrogen (secondary N) is 1. The Bertz CT molecular complexity index is 778. The van der Waals surface area contributed by atoms with E-state index in [0.717, 1.165) is 27.7 Å². The van der Waals surface area contributed by atoms with Crippen LogP contribution in [0.4, 0.5) is 5.69 Å². The topological polar surface area (TPSA) is 85.0 Å². The molecule has 20 heavy (non-hydrogen) atoms. The lowest BCUT2D eigenvalue weighted by molar-refractivity contribution is -0.384. The Balaban J connectivity index is 2.32. The quantitative estimate of drug-likeness (QED) is 0.564. The zero-order valence-corrected chi connectivity index (χ0v) is 10.7. The smallest absolute Gasteiger partial charge is 0.270 e. The van der Waals surface area contributed by atoms with Crippen LogP contribution in [-0.4, -0.2) is 9.91 Å². The second kappa shape index (κ2) is 4.79. The Hall–Kier alpha value is -2.66. The predicted octanol–water partition coefficient (Wildman–Crippen LogP) is 3.20. The number of benzene rings is 2. The van der Waals surface area contributed by atoms with Gasteiger partial charge in [0.05, 0.1) is 4.92 Å². The summed E-state index contributed by atoms with van der Waals surface area (Å²) in [6.45, 7) is 0.354. The van der Waals surface area contributed by atoms with E-state index in [1.165, 1.54) is 6.07 Å². The Morgan fingerprint density at radius 2 is 1.90 bits per heavy atom. The van der Waals surface area contributed by atoms with Gasteiger partial charge in [0.25, 0.3) is 5.69 Å². The number of aromatic amines is 1. The molecule has 0 saturated heterocycles. The minimum absolute atomic E-state index is 0.0808. The van der Waals surface area contributed by atoms with Gasteiger partial charge in [-0.15, -0.1) is 0 Å². The fourth-order valence-electron chi connectivity index (χ4n) is 2.44. The van der Waals surface area contributed by atoms with Gasteiger partial charge in [0.15, 0.2) is 0 Å². The van der Waals surface area contributed by atoms with E-state index in [1.807, 2.05) is 30.3 Å². The Morgan fingerprint density at radius 3 is 2.55 bits per heavy atom. The van der Waals surface area contributed by atoms with E-state index in [4.69, 9.17) is 5.73 Å². The van der Waals surface area contributed by atoms with Gasteiger partial charge in [-0.3, -0.25) is 10.1 Å². The number of H-pyrrole nitrogens is 1. The van der Waals surface area contributed by atoms with Crippen molar-refractivity contribution in [2.75, 3.05) is 0 Å². The van der Waals surface area contributed by atoms with Crippen molar-refractivity contribution >= 4 is 16.6 Å². The van der Waals surface area contributed by atoms with Gasteiger partial charge in [-0.05, 0) is 11.6 Å². The SMILES string of the molecule is NCc1[nH]c2ccc([N+](=O)[O-])cc2c1-c1ccccc1. The molecule has 0 unspecified atom stereocenters. The van der Waals surface area contributed by atoms with Crippen molar-refractivity contribution in [2.45, 2.75) is 6.54 Å². The van der Waals surface area contributed by atoms with Crippen molar-refractivity contribution in [1.29, 1.82) is 0 Å². The fraction of sp³-hybridized carbons (Fsp3) is 0.0667.